The molecule has 2 N–H and O–H groups in total. The number of aryl methyl sites for hydroxylation is 1. The van der Waals surface area contributed by atoms with Crippen LogP contribution in [0.5, 0.6) is 0 Å². The molecule has 0 radical (unpaired) electrons. The number of hydrogen-bond donors (Lipinski definition) is 2. The Morgan fingerprint density at radius 3 is 2.86 bits per heavy atom. The van der Waals surface area contributed by atoms with Crippen molar-refractivity contribution in [1.29, 1.82) is 0 Å². The zero-order chi connectivity index (χ0) is 14.8. The van der Waals surface area contributed by atoms with Gasteiger partial charge in [0.2, 0.25) is 5.95 Å². The van der Waals surface area contributed by atoms with Gasteiger partial charge >= 0.3 is 0 Å². The Morgan fingerprint density at radius 1 is 1.29 bits per heavy atom. The van der Waals surface area contributed by atoms with Gasteiger partial charge in [0, 0.05) is 37.4 Å². The van der Waals surface area contributed by atoms with Crippen LogP contribution in [0.4, 0.5) is 11.6 Å². The van der Waals surface area contributed by atoms with Crippen molar-refractivity contribution in [2.45, 2.75) is 6.92 Å². The molecule has 3 aromatic rings. The second kappa shape index (κ2) is 5.32. The Labute approximate surface area is 122 Å². The van der Waals surface area contributed by atoms with Crippen LogP contribution >= 0.6 is 0 Å². The predicted molar refractivity (Wildman–Crippen MR) is 84.0 cm³/mol. The van der Waals surface area contributed by atoms with E-state index in [9.17, 15) is 0 Å². The molecule has 6 nitrogen and oxygen atoms in total. The number of benzene rings is 1. The summed E-state index contributed by atoms with van der Waals surface area (Å²) in [6.07, 6.45) is 3.78. The highest BCUT2D eigenvalue weighted by atomic mass is 15.1. The van der Waals surface area contributed by atoms with Gasteiger partial charge in [-0.05, 0) is 30.2 Å². The Balaban J connectivity index is 2.10. The van der Waals surface area contributed by atoms with E-state index in [0.717, 1.165) is 33.4 Å². The van der Waals surface area contributed by atoms with Crippen LogP contribution in [-0.4, -0.2) is 29.0 Å². The molecule has 0 spiro atoms. The SMILES string of the molecule is CN=Nc1ccc(-c2c[nH]c3nc(NC)ncc23)cc1C. The van der Waals surface area contributed by atoms with Crippen LogP contribution in [0.1, 0.15) is 5.56 Å². The number of fused-ring (bicyclic) bond motifs is 1. The summed E-state index contributed by atoms with van der Waals surface area (Å²) in [7, 11) is 3.47. The number of H-pyrrole nitrogens is 1. The van der Waals surface area contributed by atoms with Gasteiger partial charge in [0.15, 0.2) is 0 Å². The number of rotatable bonds is 3. The van der Waals surface area contributed by atoms with Gasteiger partial charge in [-0.15, -0.1) is 0 Å². The first-order valence-corrected chi connectivity index (χ1v) is 6.65. The van der Waals surface area contributed by atoms with Crippen LogP contribution in [0.2, 0.25) is 0 Å². The van der Waals surface area contributed by atoms with Crippen LogP contribution < -0.4 is 5.32 Å². The quantitative estimate of drug-likeness (QED) is 0.718. The van der Waals surface area contributed by atoms with Crippen LogP contribution in [-0.2, 0) is 0 Å². The van der Waals surface area contributed by atoms with Crippen LogP contribution in [0, 0.1) is 6.92 Å². The first kappa shape index (κ1) is 13.2. The van der Waals surface area contributed by atoms with E-state index in [2.05, 4.69) is 36.6 Å². The van der Waals surface area contributed by atoms with Gasteiger partial charge in [0.25, 0.3) is 0 Å². The first-order valence-electron chi connectivity index (χ1n) is 6.65. The molecule has 2 heterocycles. The number of nitrogens with one attached hydrogen (secondary N) is 2. The first-order chi connectivity index (χ1) is 10.2. The molecule has 0 saturated carbocycles. The number of hydrogen-bond acceptors (Lipinski definition) is 5. The number of aromatic nitrogens is 3. The highest BCUT2D eigenvalue weighted by Crippen LogP contribution is 2.31. The van der Waals surface area contributed by atoms with Crippen molar-refractivity contribution < 1.29 is 0 Å². The number of azo groups is 1. The molecule has 21 heavy (non-hydrogen) atoms. The molecule has 0 amide bonds. The normalized spacial score (nSPS) is 11.4. The maximum Gasteiger partial charge on any atom is 0.224 e. The highest BCUT2D eigenvalue weighted by molar-refractivity contribution is 5.93. The van der Waals surface area contributed by atoms with Crippen molar-refractivity contribution in [2.24, 2.45) is 10.2 Å². The van der Waals surface area contributed by atoms with Crippen molar-refractivity contribution in [3.05, 3.63) is 36.2 Å². The van der Waals surface area contributed by atoms with Gasteiger partial charge in [-0.2, -0.15) is 15.2 Å². The molecular formula is C15H16N6. The summed E-state index contributed by atoms with van der Waals surface area (Å²) in [4.78, 5) is 11.9. The van der Waals surface area contributed by atoms with E-state index in [4.69, 9.17) is 0 Å². The molecule has 3 rings (SSSR count). The minimum absolute atomic E-state index is 0.603. The monoisotopic (exact) mass is 280 g/mol. The molecule has 0 saturated heterocycles. The highest BCUT2D eigenvalue weighted by Gasteiger charge is 2.09. The molecule has 0 atom stereocenters. The van der Waals surface area contributed by atoms with Crippen molar-refractivity contribution in [1.82, 2.24) is 15.0 Å². The van der Waals surface area contributed by atoms with Crippen LogP contribution in [0.15, 0.2) is 40.8 Å². The molecule has 2 aromatic heterocycles. The number of nitrogens with zero attached hydrogens (tertiary/aromatic N) is 4. The number of aromatic amines is 1. The van der Waals surface area contributed by atoms with Gasteiger partial charge in [-0.25, -0.2) is 4.98 Å². The minimum atomic E-state index is 0.603. The fraction of sp³-hybridized carbons (Fsp3) is 0.200. The van der Waals surface area contributed by atoms with E-state index in [1.807, 2.05) is 31.5 Å². The minimum Gasteiger partial charge on any atom is -0.357 e. The van der Waals surface area contributed by atoms with Crippen molar-refractivity contribution in [3.63, 3.8) is 0 Å². The van der Waals surface area contributed by atoms with E-state index in [-0.39, 0.29) is 0 Å². The van der Waals surface area contributed by atoms with Crippen molar-refractivity contribution >= 4 is 22.7 Å². The zero-order valence-electron chi connectivity index (χ0n) is 12.2. The molecule has 6 heteroatoms. The van der Waals surface area contributed by atoms with Crippen molar-refractivity contribution in [3.8, 4) is 11.1 Å². The maximum atomic E-state index is 4.40. The van der Waals surface area contributed by atoms with E-state index < -0.39 is 0 Å². The third-order valence-electron chi connectivity index (χ3n) is 3.37. The lowest BCUT2D eigenvalue weighted by Crippen LogP contribution is -1.95. The van der Waals surface area contributed by atoms with E-state index in [0.29, 0.717) is 5.95 Å². The Hall–Kier alpha value is -2.76. The maximum absolute atomic E-state index is 4.40. The summed E-state index contributed by atoms with van der Waals surface area (Å²) in [5.74, 6) is 0.603. The van der Waals surface area contributed by atoms with Crippen LogP contribution in [0.3, 0.4) is 0 Å². The lowest BCUT2D eigenvalue weighted by atomic mass is 10.0. The molecule has 0 aliphatic heterocycles. The van der Waals surface area contributed by atoms with Gasteiger partial charge < -0.3 is 10.3 Å². The molecule has 0 bridgehead atoms. The molecule has 0 aliphatic rings. The fourth-order valence-electron chi connectivity index (χ4n) is 2.31. The molecule has 106 valence electrons. The summed E-state index contributed by atoms with van der Waals surface area (Å²) in [5, 5.41) is 11.9. The predicted octanol–water partition coefficient (Wildman–Crippen LogP) is 3.69. The van der Waals surface area contributed by atoms with E-state index in [1.54, 1.807) is 14.1 Å². The molecule has 0 fully saturated rings. The summed E-state index contributed by atoms with van der Waals surface area (Å²) in [6.45, 7) is 2.03. The van der Waals surface area contributed by atoms with Gasteiger partial charge in [-0.1, -0.05) is 6.07 Å². The average molecular weight is 280 g/mol. The van der Waals surface area contributed by atoms with Gasteiger partial charge in [0.05, 0.1) is 5.69 Å². The van der Waals surface area contributed by atoms with Crippen LogP contribution in [0.25, 0.3) is 22.2 Å². The average Bonchev–Trinajstić information content (AvgIpc) is 2.92. The fourth-order valence-corrected chi connectivity index (χ4v) is 2.31. The van der Waals surface area contributed by atoms with Gasteiger partial charge in [0.1, 0.15) is 5.65 Å². The Kier molecular flexibility index (Phi) is 3.35. The van der Waals surface area contributed by atoms with Crippen molar-refractivity contribution in [2.75, 3.05) is 19.4 Å². The second-order valence-corrected chi connectivity index (χ2v) is 4.71. The summed E-state index contributed by atoms with van der Waals surface area (Å²) >= 11 is 0. The largest absolute Gasteiger partial charge is 0.357 e. The van der Waals surface area contributed by atoms with E-state index >= 15 is 0 Å². The van der Waals surface area contributed by atoms with Gasteiger partial charge in [-0.3, -0.25) is 0 Å². The third kappa shape index (κ3) is 2.35. The lowest BCUT2D eigenvalue weighted by Gasteiger charge is -2.04. The smallest absolute Gasteiger partial charge is 0.224 e. The molecule has 0 aliphatic carbocycles. The van der Waals surface area contributed by atoms with E-state index in [1.165, 1.54) is 0 Å². The third-order valence-corrected chi connectivity index (χ3v) is 3.37. The summed E-state index contributed by atoms with van der Waals surface area (Å²) in [5.41, 5.74) is 4.97. The summed E-state index contributed by atoms with van der Waals surface area (Å²) in [6, 6.07) is 6.10. The summed E-state index contributed by atoms with van der Waals surface area (Å²) < 4.78 is 0. The zero-order valence-corrected chi connectivity index (χ0v) is 12.2. The topological polar surface area (TPSA) is 78.3 Å². The second-order valence-electron chi connectivity index (χ2n) is 4.71. The Bertz CT molecular complexity index is 818. The standard InChI is InChI=1S/C15H16N6/c1-9-6-10(4-5-13(9)21-17-3)11-7-18-14-12(11)8-19-15(16-2)20-14/h4-8H,1-3H3,(H2,16,18,19,20). The Morgan fingerprint density at radius 2 is 2.14 bits per heavy atom. The molecule has 0 unspecified atom stereocenters. The number of anilines is 1. The lowest BCUT2D eigenvalue weighted by molar-refractivity contribution is 1.15. The molecule has 1 aromatic carbocycles. The molecular weight excluding hydrogens is 264 g/mol.